The zero-order valence-electron chi connectivity index (χ0n) is 7.20. The second-order valence-electron chi connectivity index (χ2n) is 3.17. The zero-order valence-corrected chi connectivity index (χ0v) is 7.20. The molecule has 0 radical (unpaired) electrons. The number of hydrogen-bond donors (Lipinski definition) is 1. The summed E-state index contributed by atoms with van der Waals surface area (Å²) in [6.45, 7) is 4.23. The first-order chi connectivity index (χ1) is 5.77. The lowest BCUT2D eigenvalue weighted by Crippen LogP contribution is -1.88. The Labute approximate surface area is 70.9 Å². The minimum absolute atomic E-state index is 0.442. The molecule has 62 valence electrons. The molecule has 0 atom stereocenters. The number of nitrogens with one attached hydrogen (secondary N) is 1. The topological polar surface area (TPSA) is 41.6 Å². The van der Waals surface area contributed by atoms with Gasteiger partial charge in [0.2, 0.25) is 0 Å². The Morgan fingerprint density at radius 1 is 1.42 bits per heavy atom. The highest BCUT2D eigenvalue weighted by molar-refractivity contribution is 5.73. The maximum absolute atomic E-state index is 4.39. The summed E-state index contributed by atoms with van der Waals surface area (Å²) in [5.74, 6) is 1.47. The Kier molecular flexibility index (Phi) is 1.57. The number of H-pyrrole nitrogens is 1. The lowest BCUT2D eigenvalue weighted by atomic mass is 10.2. The Hall–Kier alpha value is -1.38. The highest BCUT2D eigenvalue weighted by Gasteiger charge is 2.04. The second-order valence-corrected chi connectivity index (χ2v) is 3.17. The first-order valence-electron chi connectivity index (χ1n) is 4.07. The van der Waals surface area contributed by atoms with Crippen LogP contribution >= 0.6 is 0 Å². The molecule has 0 saturated carbocycles. The minimum Gasteiger partial charge on any atom is -0.342 e. The number of rotatable bonds is 1. The van der Waals surface area contributed by atoms with E-state index >= 15 is 0 Å². The molecular formula is C9H11N3. The van der Waals surface area contributed by atoms with Crippen molar-refractivity contribution in [2.24, 2.45) is 0 Å². The van der Waals surface area contributed by atoms with Gasteiger partial charge in [-0.25, -0.2) is 4.98 Å². The van der Waals surface area contributed by atoms with Gasteiger partial charge in [-0.05, 0) is 6.07 Å². The number of hydrogen-bond acceptors (Lipinski definition) is 2. The molecule has 0 spiro atoms. The molecule has 12 heavy (non-hydrogen) atoms. The van der Waals surface area contributed by atoms with Crippen molar-refractivity contribution in [3.05, 3.63) is 24.3 Å². The first-order valence-corrected chi connectivity index (χ1v) is 4.07. The van der Waals surface area contributed by atoms with Gasteiger partial charge in [0.15, 0.2) is 0 Å². The average molecular weight is 161 g/mol. The van der Waals surface area contributed by atoms with Crippen LogP contribution < -0.4 is 0 Å². The highest BCUT2D eigenvalue weighted by atomic mass is 14.9. The molecule has 0 saturated heterocycles. The van der Waals surface area contributed by atoms with Crippen LogP contribution in [0.5, 0.6) is 0 Å². The van der Waals surface area contributed by atoms with Crippen molar-refractivity contribution in [3.63, 3.8) is 0 Å². The summed E-state index contributed by atoms with van der Waals surface area (Å²) in [6.07, 6.45) is 3.54. The number of nitrogens with zero attached hydrogens (tertiary/aromatic N) is 2. The Balaban J connectivity index is 2.62. The van der Waals surface area contributed by atoms with Crippen LogP contribution in [0.4, 0.5) is 0 Å². The Morgan fingerprint density at radius 2 is 2.25 bits per heavy atom. The van der Waals surface area contributed by atoms with Crippen LogP contribution in [0.2, 0.25) is 0 Å². The van der Waals surface area contributed by atoms with Gasteiger partial charge >= 0.3 is 0 Å². The van der Waals surface area contributed by atoms with Gasteiger partial charge in [0.1, 0.15) is 11.3 Å². The monoisotopic (exact) mass is 161 g/mol. The standard InChI is InChI=1S/C9H11N3/c1-6(2)9-11-7-3-4-10-5-8(7)12-9/h3-6H,1-2H3,(H,11,12). The quantitative estimate of drug-likeness (QED) is 0.695. The number of pyridine rings is 1. The van der Waals surface area contributed by atoms with E-state index in [2.05, 4.69) is 28.8 Å². The van der Waals surface area contributed by atoms with Crippen molar-refractivity contribution >= 4 is 11.0 Å². The van der Waals surface area contributed by atoms with Crippen LogP contribution in [0.25, 0.3) is 11.0 Å². The SMILES string of the molecule is CC(C)c1nc2cnccc2[nH]1. The molecule has 3 nitrogen and oxygen atoms in total. The number of fused-ring (bicyclic) bond motifs is 1. The van der Waals surface area contributed by atoms with Gasteiger partial charge in [0.05, 0.1) is 11.7 Å². The molecule has 0 bridgehead atoms. The van der Waals surface area contributed by atoms with Gasteiger partial charge in [-0.3, -0.25) is 4.98 Å². The van der Waals surface area contributed by atoms with Crippen LogP contribution in [-0.2, 0) is 0 Å². The summed E-state index contributed by atoms with van der Waals surface area (Å²) >= 11 is 0. The zero-order chi connectivity index (χ0) is 8.55. The third kappa shape index (κ3) is 1.07. The molecule has 2 rings (SSSR count). The molecule has 2 heterocycles. The van der Waals surface area contributed by atoms with Crippen LogP contribution in [-0.4, -0.2) is 15.0 Å². The highest BCUT2D eigenvalue weighted by Crippen LogP contribution is 2.14. The van der Waals surface area contributed by atoms with Gasteiger partial charge in [-0.2, -0.15) is 0 Å². The maximum Gasteiger partial charge on any atom is 0.109 e. The van der Waals surface area contributed by atoms with E-state index in [1.54, 1.807) is 12.4 Å². The van der Waals surface area contributed by atoms with Crippen molar-refractivity contribution in [2.45, 2.75) is 19.8 Å². The predicted molar refractivity (Wildman–Crippen MR) is 48.0 cm³/mol. The average Bonchev–Trinajstić information content (AvgIpc) is 2.46. The predicted octanol–water partition coefficient (Wildman–Crippen LogP) is 2.08. The van der Waals surface area contributed by atoms with Crippen molar-refractivity contribution in [1.29, 1.82) is 0 Å². The lowest BCUT2D eigenvalue weighted by Gasteiger charge is -1.95. The minimum atomic E-state index is 0.442. The third-order valence-electron chi connectivity index (χ3n) is 1.85. The van der Waals surface area contributed by atoms with Crippen LogP contribution in [0, 0.1) is 0 Å². The summed E-state index contributed by atoms with van der Waals surface area (Å²) < 4.78 is 0. The van der Waals surface area contributed by atoms with Crippen molar-refractivity contribution in [3.8, 4) is 0 Å². The van der Waals surface area contributed by atoms with E-state index in [1.165, 1.54) is 0 Å². The fourth-order valence-corrected chi connectivity index (χ4v) is 1.15. The number of aromatic nitrogens is 3. The van der Waals surface area contributed by atoms with E-state index < -0.39 is 0 Å². The molecule has 0 aliphatic rings. The van der Waals surface area contributed by atoms with E-state index in [1.807, 2.05) is 6.07 Å². The van der Waals surface area contributed by atoms with Crippen molar-refractivity contribution < 1.29 is 0 Å². The second kappa shape index (κ2) is 2.59. The van der Waals surface area contributed by atoms with Crippen LogP contribution in [0.1, 0.15) is 25.6 Å². The van der Waals surface area contributed by atoms with Crippen LogP contribution in [0.3, 0.4) is 0 Å². The fourth-order valence-electron chi connectivity index (χ4n) is 1.15. The molecule has 3 heteroatoms. The summed E-state index contributed by atoms with van der Waals surface area (Å²) in [5, 5.41) is 0. The molecule has 0 unspecified atom stereocenters. The molecule has 0 aliphatic heterocycles. The van der Waals surface area contributed by atoms with Crippen LogP contribution in [0.15, 0.2) is 18.5 Å². The molecule has 2 aromatic rings. The summed E-state index contributed by atoms with van der Waals surface area (Å²) in [7, 11) is 0. The van der Waals surface area contributed by atoms with E-state index in [0.717, 1.165) is 16.9 Å². The largest absolute Gasteiger partial charge is 0.342 e. The maximum atomic E-state index is 4.39. The Morgan fingerprint density at radius 3 is 2.92 bits per heavy atom. The van der Waals surface area contributed by atoms with Gasteiger partial charge in [0.25, 0.3) is 0 Å². The van der Waals surface area contributed by atoms with Gasteiger partial charge in [0, 0.05) is 12.1 Å². The van der Waals surface area contributed by atoms with E-state index in [-0.39, 0.29) is 0 Å². The molecule has 1 N–H and O–H groups in total. The Bertz CT molecular complexity index is 356. The smallest absolute Gasteiger partial charge is 0.109 e. The van der Waals surface area contributed by atoms with Crippen molar-refractivity contribution in [1.82, 2.24) is 15.0 Å². The normalized spacial score (nSPS) is 11.2. The van der Waals surface area contributed by atoms with Gasteiger partial charge in [-0.15, -0.1) is 0 Å². The van der Waals surface area contributed by atoms with Gasteiger partial charge in [-0.1, -0.05) is 13.8 Å². The fraction of sp³-hybridized carbons (Fsp3) is 0.333. The third-order valence-corrected chi connectivity index (χ3v) is 1.85. The number of aromatic amines is 1. The number of imidazole rings is 1. The molecule has 0 aromatic carbocycles. The summed E-state index contributed by atoms with van der Waals surface area (Å²) in [4.78, 5) is 11.6. The molecule has 0 aliphatic carbocycles. The molecule has 2 aromatic heterocycles. The van der Waals surface area contributed by atoms with E-state index in [4.69, 9.17) is 0 Å². The van der Waals surface area contributed by atoms with E-state index in [9.17, 15) is 0 Å². The molecule has 0 fully saturated rings. The first kappa shape index (κ1) is 7.28. The summed E-state index contributed by atoms with van der Waals surface area (Å²) in [6, 6.07) is 1.94. The van der Waals surface area contributed by atoms with Crippen molar-refractivity contribution in [2.75, 3.05) is 0 Å². The molecule has 0 amide bonds. The molecular weight excluding hydrogens is 150 g/mol. The van der Waals surface area contributed by atoms with Gasteiger partial charge < -0.3 is 4.98 Å². The summed E-state index contributed by atoms with van der Waals surface area (Å²) in [5.41, 5.74) is 2.01. The lowest BCUT2D eigenvalue weighted by molar-refractivity contribution is 0.799. The van der Waals surface area contributed by atoms with E-state index in [0.29, 0.717) is 5.92 Å².